The van der Waals surface area contributed by atoms with Gasteiger partial charge in [0.2, 0.25) is 5.76 Å². The lowest BCUT2D eigenvalue weighted by Crippen LogP contribution is -2.21. The van der Waals surface area contributed by atoms with Gasteiger partial charge in [-0.3, -0.25) is 0 Å². The van der Waals surface area contributed by atoms with Crippen molar-refractivity contribution in [2.75, 3.05) is 0 Å². The number of hydrogen-bond donors (Lipinski definition) is 2. The lowest BCUT2D eigenvalue weighted by molar-refractivity contribution is 0.0600. The van der Waals surface area contributed by atoms with E-state index in [1.807, 2.05) is 0 Å². The fourth-order valence-electron chi connectivity index (χ4n) is 1.40. The molecule has 0 saturated heterocycles. The van der Waals surface area contributed by atoms with Crippen LogP contribution >= 0.6 is 0 Å². The highest BCUT2D eigenvalue weighted by Crippen LogP contribution is 2.30. The quantitative estimate of drug-likeness (QED) is 0.827. The highest BCUT2D eigenvalue weighted by atomic mass is 16.4. The monoisotopic (exact) mass is 222 g/mol. The van der Waals surface area contributed by atoms with Crippen molar-refractivity contribution in [3.63, 3.8) is 0 Å². The molecule has 1 atom stereocenters. The minimum Gasteiger partial charge on any atom is -0.475 e. The Kier molecular flexibility index (Phi) is 2.32. The number of hydrogen-bond acceptors (Lipinski definition) is 4. The van der Waals surface area contributed by atoms with Gasteiger partial charge in [0.25, 0.3) is 0 Å². The van der Waals surface area contributed by atoms with Crippen molar-refractivity contribution in [1.29, 1.82) is 0 Å². The second kappa shape index (κ2) is 3.53. The molecule has 2 aromatic heterocycles. The fourth-order valence-corrected chi connectivity index (χ4v) is 1.40. The van der Waals surface area contributed by atoms with Crippen molar-refractivity contribution in [3.05, 3.63) is 47.8 Å². The number of carboxylic acid groups (broad SMARTS) is 1. The SMILES string of the molecule is CC(O)(c1ccoc1)c1ccc(C(=O)O)o1. The van der Waals surface area contributed by atoms with Crippen LogP contribution in [0.25, 0.3) is 0 Å². The summed E-state index contributed by atoms with van der Waals surface area (Å²) in [4.78, 5) is 10.6. The van der Waals surface area contributed by atoms with Crippen LogP contribution in [0.5, 0.6) is 0 Å². The molecule has 0 radical (unpaired) electrons. The molecule has 0 bridgehead atoms. The molecule has 1 unspecified atom stereocenters. The lowest BCUT2D eigenvalue weighted by Gasteiger charge is -2.18. The first-order valence-electron chi connectivity index (χ1n) is 4.60. The van der Waals surface area contributed by atoms with E-state index in [1.54, 1.807) is 6.07 Å². The molecule has 0 spiro atoms. The first-order chi connectivity index (χ1) is 7.51. The first-order valence-corrected chi connectivity index (χ1v) is 4.60. The van der Waals surface area contributed by atoms with E-state index in [4.69, 9.17) is 13.9 Å². The molecule has 16 heavy (non-hydrogen) atoms. The zero-order valence-electron chi connectivity index (χ0n) is 8.51. The van der Waals surface area contributed by atoms with Gasteiger partial charge in [-0.05, 0) is 25.1 Å². The van der Waals surface area contributed by atoms with Gasteiger partial charge in [-0.1, -0.05) is 0 Å². The summed E-state index contributed by atoms with van der Waals surface area (Å²) < 4.78 is 9.90. The molecular weight excluding hydrogens is 212 g/mol. The third-order valence-electron chi connectivity index (χ3n) is 2.38. The zero-order valence-corrected chi connectivity index (χ0v) is 8.51. The molecule has 0 aliphatic rings. The van der Waals surface area contributed by atoms with Crippen LogP contribution in [0, 0.1) is 0 Å². The molecule has 5 nitrogen and oxygen atoms in total. The number of carbonyl (C=O) groups is 1. The van der Waals surface area contributed by atoms with E-state index < -0.39 is 11.6 Å². The molecule has 0 saturated carbocycles. The summed E-state index contributed by atoms with van der Waals surface area (Å²) in [6, 6.07) is 4.31. The molecule has 2 N–H and O–H groups in total. The van der Waals surface area contributed by atoms with Crippen LogP contribution in [-0.4, -0.2) is 16.2 Å². The van der Waals surface area contributed by atoms with Gasteiger partial charge >= 0.3 is 5.97 Å². The van der Waals surface area contributed by atoms with Gasteiger partial charge in [0.15, 0.2) is 0 Å². The third-order valence-corrected chi connectivity index (χ3v) is 2.38. The molecule has 0 aliphatic carbocycles. The second-order valence-corrected chi connectivity index (χ2v) is 3.55. The van der Waals surface area contributed by atoms with E-state index in [1.165, 1.54) is 31.6 Å². The largest absolute Gasteiger partial charge is 0.475 e. The maximum Gasteiger partial charge on any atom is 0.371 e. The molecule has 84 valence electrons. The van der Waals surface area contributed by atoms with Gasteiger partial charge in [0, 0.05) is 5.56 Å². The van der Waals surface area contributed by atoms with Crippen LogP contribution in [0.3, 0.4) is 0 Å². The van der Waals surface area contributed by atoms with Crippen LogP contribution in [0.2, 0.25) is 0 Å². The Labute approximate surface area is 90.9 Å². The zero-order chi connectivity index (χ0) is 11.8. The van der Waals surface area contributed by atoms with Gasteiger partial charge in [-0.2, -0.15) is 0 Å². The number of aliphatic hydroxyl groups is 1. The average molecular weight is 222 g/mol. The minimum absolute atomic E-state index is 0.159. The third kappa shape index (κ3) is 1.61. The Balaban J connectivity index is 2.39. The Bertz CT molecular complexity index is 492. The predicted octanol–water partition coefficient (Wildman–Crippen LogP) is 1.83. The Morgan fingerprint density at radius 1 is 1.38 bits per heavy atom. The van der Waals surface area contributed by atoms with Crippen molar-refractivity contribution in [2.24, 2.45) is 0 Å². The maximum atomic E-state index is 10.6. The summed E-state index contributed by atoms with van der Waals surface area (Å²) in [6.07, 6.45) is 2.80. The summed E-state index contributed by atoms with van der Waals surface area (Å²) >= 11 is 0. The standard InChI is InChI=1S/C11H10O5/c1-11(14,7-4-5-15-6-7)9-3-2-8(16-9)10(12)13/h2-6,14H,1H3,(H,12,13). The Morgan fingerprint density at radius 2 is 2.12 bits per heavy atom. The van der Waals surface area contributed by atoms with Gasteiger partial charge < -0.3 is 19.0 Å². The van der Waals surface area contributed by atoms with Crippen LogP contribution in [0.15, 0.2) is 39.6 Å². The summed E-state index contributed by atoms with van der Waals surface area (Å²) in [5.41, 5.74) is -0.903. The van der Waals surface area contributed by atoms with E-state index in [9.17, 15) is 9.90 Å². The molecule has 2 rings (SSSR count). The van der Waals surface area contributed by atoms with Crippen LogP contribution < -0.4 is 0 Å². The normalized spacial score (nSPS) is 14.6. The summed E-state index contributed by atoms with van der Waals surface area (Å²) in [5.74, 6) is -1.22. The topological polar surface area (TPSA) is 83.8 Å². The summed E-state index contributed by atoms with van der Waals surface area (Å²) in [5, 5.41) is 18.9. The van der Waals surface area contributed by atoms with E-state index >= 15 is 0 Å². The molecular formula is C11H10O5. The van der Waals surface area contributed by atoms with Crippen molar-refractivity contribution in [3.8, 4) is 0 Å². The Morgan fingerprint density at radius 3 is 2.62 bits per heavy atom. The van der Waals surface area contributed by atoms with Crippen molar-refractivity contribution < 1.29 is 23.8 Å². The van der Waals surface area contributed by atoms with Crippen LogP contribution in [0.4, 0.5) is 0 Å². The first kappa shape index (κ1) is 10.5. The number of aromatic carboxylic acids is 1. The van der Waals surface area contributed by atoms with Gasteiger partial charge in [-0.15, -0.1) is 0 Å². The summed E-state index contributed by atoms with van der Waals surface area (Å²) in [6.45, 7) is 1.50. The molecule has 0 fully saturated rings. The number of furan rings is 2. The van der Waals surface area contributed by atoms with E-state index in [0.29, 0.717) is 5.56 Å². The van der Waals surface area contributed by atoms with Crippen LogP contribution in [-0.2, 0) is 5.60 Å². The molecule has 2 heterocycles. The average Bonchev–Trinajstić information content (AvgIpc) is 2.90. The van der Waals surface area contributed by atoms with Gasteiger partial charge in [0.1, 0.15) is 11.4 Å². The van der Waals surface area contributed by atoms with Crippen LogP contribution in [0.1, 0.15) is 28.8 Å². The highest BCUT2D eigenvalue weighted by molar-refractivity contribution is 5.84. The van der Waals surface area contributed by atoms with Crippen molar-refractivity contribution >= 4 is 5.97 Å². The second-order valence-electron chi connectivity index (χ2n) is 3.55. The summed E-state index contributed by atoms with van der Waals surface area (Å²) in [7, 11) is 0. The number of carboxylic acids is 1. The molecule has 2 aromatic rings. The molecule has 0 amide bonds. The molecule has 0 aliphatic heterocycles. The van der Waals surface area contributed by atoms with Crippen molar-refractivity contribution in [2.45, 2.75) is 12.5 Å². The maximum absolute atomic E-state index is 10.6. The van der Waals surface area contributed by atoms with Gasteiger partial charge in [-0.25, -0.2) is 4.79 Å². The molecule has 0 aromatic carbocycles. The predicted molar refractivity (Wildman–Crippen MR) is 53.0 cm³/mol. The molecule has 5 heteroatoms. The van der Waals surface area contributed by atoms with Crippen molar-refractivity contribution in [1.82, 2.24) is 0 Å². The minimum atomic E-state index is -1.40. The van der Waals surface area contributed by atoms with E-state index in [2.05, 4.69) is 0 Å². The lowest BCUT2D eigenvalue weighted by atomic mass is 9.96. The Hall–Kier alpha value is -2.01. The number of rotatable bonds is 3. The fraction of sp³-hybridized carbons (Fsp3) is 0.182. The van der Waals surface area contributed by atoms with E-state index in [-0.39, 0.29) is 11.5 Å². The smallest absolute Gasteiger partial charge is 0.371 e. The van der Waals surface area contributed by atoms with E-state index in [0.717, 1.165) is 0 Å². The van der Waals surface area contributed by atoms with Gasteiger partial charge in [0.05, 0.1) is 12.5 Å². The highest BCUT2D eigenvalue weighted by Gasteiger charge is 2.31.